The lowest BCUT2D eigenvalue weighted by atomic mass is 10.0. The van der Waals surface area contributed by atoms with Crippen LogP contribution in [-0.2, 0) is 11.2 Å². The first kappa shape index (κ1) is 10.8. The molecule has 1 amide bonds. The van der Waals surface area contributed by atoms with Gasteiger partial charge in [-0.25, -0.2) is 0 Å². The number of amides is 1. The average Bonchev–Trinajstić information content (AvgIpc) is 2.01. The third-order valence-corrected chi connectivity index (χ3v) is 2.18. The number of hydrogen-bond donors (Lipinski definition) is 1. The van der Waals surface area contributed by atoms with Crippen molar-refractivity contribution in [3.63, 3.8) is 0 Å². The molecule has 0 radical (unpaired) electrons. The summed E-state index contributed by atoms with van der Waals surface area (Å²) < 4.78 is 0. The molecule has 2 heteroatoms. The lowest BCUT2D eigenvalue weighted by Crippen LogP contribution is -2.26. The summed E-state index contributed by atoms with van der Waals surface area (Å²) in [5, 5.41) is 2.75. The Hall–Kier alpha value is -1.31. The number of carbonyl (C=O) groups excluding carboxylic acids is 1. The van der Waals surface area contributed by atoms with Crippen molar-refractivity contribution < 1.29 is 4.79 Å². The third kappa shape index (κ3) is 3.21. The molecule has 76 valence electrons. The maximum absolute atomic E-state index is 10.2. The summed E-state index contributed by atoms with van der Waals surface area (Å²) in [6, 6.07) is 6.68. The fraction of sp³-hybridized carbons (Fsp3) is 0.417. The topological polar surface area (TPSA) is 29.1 Å². The minimum atomic E-state index is 0.202. The van der Waals surface area contributed by atoms with E-state index in [1.165, 1.54) is 16.7 Å². The standard InChI is InChI=1S/C12H17NO/c1-9-4-10(2)6-12(5-9)7-11(3)13-8-14/h4-6,8,11H,7H2,1-3H3,(H,13,14)/t11-/m1/s1. The maximum atomic E-state index is 10.2. The molecule has 0 fully saturated rings. The molecule has 0 aliphatic rings. The van der Waals surface area contributed by atoms with Gasteiger partial charge in [-0.2, -0.15) is 0 Å². The zero-order chi connectivity index (χ0) is 10.6. The molecule has 0 unspecified atom stereocenters. The smallest absolute Gasteiger partial charge is 0.207 e. The summed E-state index contributed by atoms with van der Waals surface area (Å²) in [7, 11) is 0. The molecule has 1 rings (SSSR count). The highest BCUT2D eigenvalue weighted by Gasteiger charge is 2.02. The van der Waals surface area contributed by atoms with Crippen LogP contribution in [0.4, 0.5) is 0 Å². The van der Waals surface area contributed by atoms with E-state index < -0.39 is 0 Å². The Balaban J connectivity index is 2.71. The Labute approximate surface area is 85.3 Å². The number of carbonyl (C=O) groups is 1. The normalized spacial score (nSPS) is 12.2. The molecule has 0 heterocycles. The van der Waals surface area contributed by atoms with E-state index in [0.29, 0.717) is 0 Å². The fourth-order valence-electron chi connectivity index (χ4n) is 1.72. The molecule has 1 aromatic carbocycles. The Morgan fingerprint density at radius 2 is 1.86 bits per heavy atom. The van der Waals surface area contributed by atoms with Crippen LogP contribution in [0, 0.1) is 13.8 Å². The van der Waals surface area contributed by atoms with Crippen LogP contribution in [0.25, 0.3) is 0 Å². The van der Waals surface area contributed by atoms with Crippen LogP contribution in [0.15, 0.2) is 18.2 Å². The molecule has 2 nitrogen and oxygen atoms in total. The molecule has 0 aliphatic carbocycles. The van der Waals surface area contributed by atoms with E-state index in [1.54, 1.807) is 0 Å². The van der Waals surface area contributed by atoms with Gasteiger partial charge in [0.2, 0.25) is 6.41 Å². The molecule has 0 saturated carbocycles. The van der Waals surface area contributed by atoms with Crippen molar-refractivity contribution in [1.82, 2.24) is 5.32 Å². The number of rotatable bonds is 4. The third-order valence-electron chi connectivity index (χ3n) is 2.18. The van der Waals surface area contributed by atoms with Gasteiger partial charge in [-0.3, -0.25) is 4.79 Å². The van der Waals surface area contributed by atoms with E-state index in [9.17, 15) is 4.79 Å². The Bertz CT molecular complexity index is 300. The predicted molar refractivity (Wildman–Crippen MR) is 58.3 cm³/mol. The monoisotopic (exact) mass is 191 g/mol. The van der Waals surface area contributed by atoms with E-state index in [1.807, 2.05) is 6.92 Å². The van der Waals surface area contributed by atoms with E-state index in [-0.39, 0.29) is 6.04 Å². The van der Waals surface area contributed by atoms with Gasteiger partial charge in [0, 0.05) is 6.04 Å². The lowest BCUT2D eigenvalue weighted by molar-refractivity contribution is -0.110. The van der Waals surface area contributed by atoms with Crippen LogP contribution in [0.2, 0.25) is 0 Å². The summed E-state index contributed by atoms with van der Waals surface area (Å²) >= 11 is 0. The van der Waals surface area contributed by atoms with Crippen molar-refractivity contribution in [3.8, 4) is 0 Å². The van der Waals surface area contributed by atoms with Crippen molar-refractivity contribution in [2.75, 3.05) is 0 Å². The van der Waals surface area contributed by atoms with Crippen molar-refractivity contribution in [2.24, 2.45) is 0 Å². The number of aryl methyl sites for hydroxylation is 2. The SMILES string of the molecule is Cc1cc(C)cc(C[C@@H](C)NC=O)c1. The Morgan fingerprint density at radius 1 is 1.29 bits per heavy atom. The first-order chi connectivity index (χ1) is 6.61. The zero-order valence-electron chi connectivity index (χ0n) is 9.00. The van der Waals surface area contributed by atoms with Gasteiger partial charge in [-0.05, 0) is 32.8 Å². The minimum Gasteiger partial charge on any atom is -0.356 e. The van der Waals surface area contributed by atoms with Crippen molar-refractivity contribution in [2.45, 2.75) is 33.2 Å². The largest absolute Gasteiger partial charge is 0.356 e. The molecular weight excluding hydrogens is 174 g/mol. The van der Waals surface area contributed by atoms with Gasteiger partial charge in [0.05, 0.1) is 0 Å². The van der Waals surface area contributed by atoms with Gasteiger partial charge in [-0.1, -0.05) is 29.3 Å². The van der Waals surface area contributed by atoms with Crippen LogP contribution in [0.5, 0.6) is 0 Å². The molecule has 0 saturated heterocycles. The molecule has 1 aromatic rings. The maximum Gasteiger partial charge on any atom is 0.207 e. The quantitative estimate of drug-likeness (QED) is 0.724. The van der Waals surface area contributed by atoms with E-state index in [0.717, 1.165) is 12.8 Å². The molecule has 0 bridgehead atoms. The Kier molecular flexibility index (Phi) is 3.69. The highest BCUT2D eigenvalue weighted by Crippen LogP contribution is 2.10. The van der Waals surface area contributed by atoms with Crippen LogP contribution in [0.1, 0.15) is 23.6 Å². The van der Waals surface area contributed by atoms with E-state index in [2.05, 4.69) is 37.4 Å². The minimum absolute atomic E-state index is 0.202. The van der Waals surface area contributed by atoms with Gasteiger partial charge in [-0.15, -0.1) is 0 Å². The lowest BCUT2D eigenvalue weighted by Gasteiger charge is -2.11. The highest BCUT2D eigenvalue weighted by atomic mass is 16.1. The van der Waals surface area contributed by atoms with Crippen molar-refractivity contribution in [1.29, 1.82) is 0 Å². The van der Waals surface area contributed by atoms with Gasteiger partial charge in [0.1, 0.15) is 0 Å². The van der Waals surface area contributed by atoms with Crippen molar-refractivity contribution >= 4 is 6.41 Å². The number of benzene rings is 1. The summed E-state index contributed by atoms with van der Waals surface area (Å²) in [6.45, 7) is 6.19. The van der Waals surface area contributed by atoms with Crippen molar-refractivity contribution in [3.05, 3.63) is 34.9 Å². The molecule has 1 N–H and O–H groups in total. The van der Waals surface area contributed by atoms with Gasteiger partial charge < -0.3 is 5.32 Å². The van der Waals surface area contributed by atoms with Crippen LogP contribution in [-0.4, -0.2) is 12.5 Å². The van der Waals surface area contributed by atoms with E-state index in [4.69, 9.17) is 0 Å². The summed E-state index contributed by atoms with van der Waals surface area (Å²) in [5.41, 5.74) is 3.83. The first-order valence-electron chi connectivity index (χ1n) is 4.88. The van der Waals surface area contributed by atoms with E-state index >= 15 is 0 Å². The number of hydrogen-bond acceptors (Lipinski definition) is 1. The zero-order valence-corrected chi connectivity index (χ0v) is 9.00. The second-order valence-electron chi connectivity index (χ2n) is 3.89. The molecule has 0 spiro atoms. The molecule has 0 aromatic heterocycles. The van der Waals surface area contributed by atoms with Gasteiger partial charge >= 0.3 is 0 Å². The van der Waals surface area contributed by atoms with Gasteiger partial charge in [0.15, 0.2) is 0 Å². The predicted octanol–water partition coefficient (Wildman–Crippen LogP) is 1.98. The Morgan fingerprint density at radius 3 is 2.36 bits per heavy atom. The van der Waals surface area contributed by atoms with Crippen LogP contribution in [0.3, 0.4) is 0 Å². The number of nitrogens with one attached hydrogen (secondary N) is 1. The van der Waals surface area contributed by atoms with Gasteiger partial charge in [0.25, 0.3) is 0 Å². The second kappa shape index (κ2) is 4.80. The highest BCUT2D eigenvalue weighted by molar-refractivity contribution is 5.46. The van der Waals surface area contributed by atoms with Crippen LogP contribution < -0.4 is 5.32 Å². The van der Waals surface area contributed by atoms with Crippen LogP contribution >= 0.6 is 0 Å². The fourth-order valence-corrected chi connectivity index (χ4v) is 1.72. The average molecular weight is 191 g/mol. The molecule has 1 atom stereocenters. The molecule has 0 aliphatic heterocycles. The summed E-state index contributed by atoms with van der Waals surface area (Å²) in [5.74, 6) is 0. The summed E-state index contributed by atoms with van der Waals surface area (Å²) in [4.78, 5) is 10.2. The molecule has 14 heavy (non-hydrogen) atoms. The molecular formula is C12H17NO. The second-order valence-corrected chi connectivity index (χ2v) is 3.89. The first-order valence-corrected chi connectivity index (χ1v) is 4.88. The summed E-state index contributed by atoms with van der Waals surface area (Å²) in [6.07, 6.45) is 1.65.